The minimum absolute atomic E-state index is 0.0113. The number of alkyl halides is 1. The van der Waals surface area contributed by atoms with Crippen LogP contribution < -0.4 is 4.74 Å². The van der Waals surface area contributed by atoms with E-state index in [0.29, 0.717) is 4.83 Å². The minimum atomic E-state index is -0.841. The van der Waals surface area contributed by atoms with Gasteiger partial charge in [0.15, 0.2) is 0 Å². The zero-order valence-electron chi connectivity index (χ0n) is 14.2. The summed E-state index contributed by atoms with van der Waals surface area (Å²) in [6, 6.07) is 7.67. The molecule has 1 aromatic carbocycles. The van der Waals surface area contributed by atoms with Crippen LogP contribution in [0.15, 0.2) is 47.6 Å². The van der Waals surface area contributed by atoms with Crippen molar-refractivity contribution in [1.29, 1.82) is 0 Å². The van der Waals surface area contributed by atoms with Crippen molar-refractivity contribution < 1.29 is 14.6 Å². The Hall–Kier alpha value is -1.99. The van der Waals surface area contributed by atoms with Gasteiger partial charge in [-0.2, -0.15) is 0 Å². The normalized spacial score (nSPS) is 22.8. The molecule has 2 unspecified atom stereocenters. The van der Waals surface area contributed by atoms with Gasteiger partial charge in [-0.05, 0) is 55.0 Å². The van der Waals surface area contributed by atoms with Crippen LogP contribution in [0.2, 0.25) is 0 Å². The highest BCUT2D eigenvalue weighted by molar-refractivity contribution is 9.09. The number of fused-ring (bicyclic) bond motifs is 1. The summed E-state index contributed by atoms with van der Waals surface area (Å²) in [4.78, 5) is 11.4. The summed E-state index contributed by atoms with van der Waals surface area (Å²) < 4.78 is 6.19. The van der Waals surface area contributed by atoms with Crippen molar-refractivity contribution in [3.05, 3.63) is 53.1 Å². The predicted molar refractivity (Wildman–Crippen MR) is 102 cm³/mol. The van der Waals surface area contributed by atoms with Crippen molar-refractivity contribution >= 4 is 21.9 Å². The van der Waals surface area contributed by atoms with Crippen LogP contribution in [0.5, 0.6) is 5.75 Å². The third-order valence-corrected chi connectivity index (χ3v) is 5.24. The first kappa shape index (κ1) is 17.8. The van der Waals surface area contributed by atoms with Crippen LogP contribution in [0.1, 0.15) is 44.1 Å². The fourth-order valence-electron chi connectivity index (χ4n) is 3.41. The van der Waals surface area contributed by atoms with E-state index in [2.05, 4.69) is 39.9 Å². The van der Waals surface area contributed by atoms with Gasteiger partial charge >= 0.3 is 5.97 Å². The molecule has 3 rings (SSSR count). The summed E-state index contributed by atoms with van der Waals surface area (Å²) in [7, 11) is 0. The Morgan fingerprint density at radius 1 is 1.40 bits per heavy atom. The maximum Gasteiger partial charge on any atom is 0.304 e. The van der Waals surface area contributed by atoms with Gasteiger partial charge in [-0.3, -0.25) is 4.79 Å². The quantitative estimate of drug-likeness (QED) is 0.568. The van der Waals surface area contributed by atoms with Gasteiger partial charge in [0.1, 0.15) is 11.9 Å². The van der Waals surface area contributed by atoms with Crippen molar-refractivity contribution in [2.45, 2.75) is 49.5 Å². The molecule has 2 aliphatic rings. The number of hydrogen-bond donors (Lipinski definition) is 1. The number of rotatable bonds is 5. The lowest BCUT2D eigenvalue weighted by molar-refractivity contribution is -0.137. The fraction of sp³-hybridized carbons (Fsp3) is 0.381. The van der Waals surface area contributed by atoms with Gasteiger partial charge in [-0.15, -0.1) is 5.92 Å². The summed E-state index contributed by atoms with van der Waals surface area (Å²) in [5.41, 5.74) is 3.63. The lowest BCUT2D eigenvalue weighted by atomic mass is 9.96. The zero-order chi connectivity index (χ0) is 17.8. The molecule has 0 amide bonds. The summed E-state index contributed by atoms with van der Waals surface area (Å²) >= 11 is 3.66. The number of hydrogen-bond acceptors (Lipinski definition) is 2. The summed E-state index contributed by atoms with van der Waals surface area (Å²) in [6.07, 6.45) is 7.80. The number of allylic oxidation sites excluding steroid dienone is 2. The average Bonchev–Trinajstić information content (AvgIpc) is 2.97. The molecule has 130 valence electrons. The van der Waals surface area contributed by atoms with Gasteiger partial charge in [0.05, 0.1) is 12.3 Å². The molecule has 25 heavy (non-hydrogen) atoms. The van der Waals surface area contributed by atoms with Crippen molar-refractivity contribution in [2.24, 2.45) is 0 Å². The van der Waals surface area contributed by atoms with Gasteiger partial charge in [-0.25, -0.2) is 0 Å². The maximum absolute atomic E-state index is 11.0. The van der Waals surface area contributed by atoms with Crippen molar-refractivity contribution in [3.63, 3.8) is 0 Å². The van der Waals surface area contributed by atoms with Gasteiger partial charge in [0.25, 0.3) is 0 Å². The van der Waals surface area contributed by atoms with Crippen LogP contribution in [-0.4, -0.2) is 22.0 Å². The molecule has 4 heteroatoms. The van der Waals surface area contributed by atoms with E-state index in [0.717, 1.165) is 30.6 Å². The predicted octanol–water partition coefficient (Wildman–Crippen LogP) is 4.83. The summed E-state index contributed by atoms with van der Waals surface area (Å²) in [5, 5.41) is 9.04. The van der Waals surface area contributed by atoms with Crippen molar-refractivity contribution in [3.8, 4) is 17.6 Å². The van der Waals surface area contributed by atoms with Crippen LogP contribution >= 0.6 is 15.9 Å². The Labute approximate surface area is 156 Å². The van der Waals surface area contributed by atoms with Crippen LogP contribution in [0, 0.1) is 11.8 Å². The highest BCUT2D eigenvalue weighted by Gasteiger charge is 2.29. The Morgan fingerprint density at radius 2 is 2.16 bits per heavy atom. The molecular formula is C21H21BrO3. The zero-order valence-corrected chi connectivity index (χ0v) is 15.8. The standard InChI is InChI=1S/C21H21BrO3/c1-2-3-16(12-21(23)24)14-5-9-18(10-6-14)25-20-11-7-15-4-8-17(22)13-19(15)20/h4-6,9-10,13,16-17,20H,7-8,11-12H2,1H3,(H,23,24)/t16-,17?,20?/m0/s1. The largest absolute Gasteiger partial charge is 0.486 e. The van der Waals surface area contributed by atoms with Gasteiger partial charge in [-0.1, -0.05) is 46.1 Å². The lowest BCUT2D eigenvalue weighted by Gasteiger charge is -2.19. The number of carboxylic acid groups (broad SMARTS) is 1. The molecule has 1 fully saturated rings. The van der Waals surface area contributed by atoms with Crippen molar-refractivity contribution in [2.75, 3.05) is 0 Å². The van der Waals surface area contributed by atoms with E-state index in [1.807, 2.05) is 24.3 Å². The number of halogens is 1. The topological polar surface area (TPSA) is 46.5 Å². The third kappa shape index (κ3) is 4.35. The maximum atomic E-state index is 11.0. The Kier molecular flexibility index (Phi) is 5.65. The van der Waals surface area contributed by atoms with E-state index in [1.165, 1.54) is 11.1 Å². The third-order valence-electron chi connectivity index (χ3n) is 4.60. The van der Waals surface area contributed by atoms with E-state index < -0.39 is 5.97 Å². The van der Waals surface area contributed by atoms with Crippen LogP contribution in [0.4, 0.5) is 0 Å². The Morgan fingerprint density at radius 3 is 2.84 bits per heavy atom. The number of carboxylic acids is 1. The van der Waals surface area contributed by atoms with Gasteiger partial charge < -0.3 is 9.84 Å². The Balaban J connectivity index is 1.71. The fourth-order valence-corrected chi connectivity index (χ4v) is 3.88. The molecule has 0 radical (unpaired) electrons. The molecule has 0 aromatic heterocycles. The molecule has 1 saturated carbocycles. The first-order valence-corrected chi connectivity index (χ1v) is 9.44. The molecule has 0 saturated heterocycles. The molecule has 1 aromatic rings. The molecule has 2 aliphatic carbocycles. The highest BCUT2D eigenvalue weighted by atomic mass is 79.9. The van der Waals surface area contributed by atoms with Crippen LogP contribution in [0.3, 0.4) is 0 Å². The second-order valence-electron chi connectivity index (χ2n) is 6.36. The van der Waals surface area contributed by atoms with E-state index in [4.69, 9.17) is 9.84 Å². The second kappa shape index (κ2) is 7.93. The number of benzene rings is 1. The van der Waals surface area contributed by atoms with Gasteiger partial charge in [0, 0.05) is 4.83 Å². The molecule has 3 atom stereocenters. The number of carbonyl (C=O) groups is 1. The SMILES string of the molecule is CC#C[C@@H](CC(=O)O)c1ccc(OC2CCC3=CCC(Br)C=C32)cc1. The van der Waals surface area contributed by atoms with Crippen LogP contribution in [-0.2, 0) is 4.79 Å². The summed E-state index contributed by atoms with van der Waals surface area (Å²) in [6.45, 7) is 1.73. The number of aliphatic carboxylic acids is 1. The second-order valence-corrected chi connectivity index (χ2v) is 7.54. The molecule has 0 aliphatic heterocycles. The molecule has 3 nitrogen and oxygen atoms in total. The van der Waals surface area contributed by atoms with Crippen molar-refractivity contribution in [1.82, 2.24) is 0 Å². The van der Waals surface area contributed by atoms with Gasteiger partial charge in [0.2, 0.25) is 0 Å². The number of ether oxygens (including phenoxy) is 1. The molecular weight excluding hydrogens is 380 g/mol. The molecule has 0 spiro atoms. The van der Waals surface area contributed by atoms with Crippen LogP contribution in [0.25, 0.3) is 0 Å². The lowest BCUT2D eigenvalue weighted by Crippen LogP contribution is -2.16. The first-order chi connectivity index (χ1) is 12.1. The van der Waals surface area contributed by atoms with E-state index in [-0.39, 0.29) is 18.4 Å². The molecule has 0 heterocycles. The molecule has 1 N–H and O–H groups in total. The minimum Gasteiger partial charge on any atom is -0.486 e. The Bertz CT molecular complexity index is 765. The summed E-state index contributed by atoms with van der Waals surface area (Å²) in [5.74, 6) is 5.47. The van der Waals surface area contributed by atoms with E-state index in [9.17, 15) is 4.79 Å². The highest BCUT2D eigenvalue weighted by Crippen LogP contribution is 2.38. The monoisotopic (exact) mass is 400 g/mol. The smallest absolute Gasteiger partial charge is 0.304 e. The van der Waals surface area contributed by atoms with E-state index >= 15 is 0 Å². The first-order valence-electron chi connectivity index (χ1n) is 8.52. The average molecular weight is 401 g/mol. The molecule has 0 bridgehead atoms. The van der Waals surface area contributed by atoms with E-state index in [1.54, 1.807) is 6.92 Å².